The van der Waals surface area contributed by atoms with Gasteiger partial charge >= 0.3 is 6.03 Å². The second kappa shape index (κ2) is 6.76. The predicted molar refractivity (Wildman–Crippen MR) is 92.1 cm³/mol. The Balaban J connectivity index is 1.64. The molecule has 6 heteroatoms. The zero-order valence-electron chi connectivity index (χ0n) is 14.0. The number of carbonyl (C=O) groups is 1. The number of urea groups is 1. The number of aliphatic hydroxyl groups is 1. The number of amides is 2. The normalized spacial score (nSPS) is 22.5. The number of carbonyl (C=O) groups excluding carboxylic acids is 1. The Labute approximate surface area is 137 Å². The van der Waals surface area contributed by atoms with Crippen molar-refractivity contribution in [3.63, 3.8) is 0 Å². The van der Waals surface area contributed by atoms with Gasteiger partial charge in [0.25, 0.3) is 0 Å². The molecule has 0 saturated carbocycles. The molecule has 2 heterocycles. The van der Waals surface area contributed by atoms with Crippen molar-refractivity contribution in [2.24, 2.45) is 0 Å². The van der Waals surface area contributed by atoms with E-state index in [0.29, 0.717) is 19.5 Å². The van der Waals surface area contributed by atoms with Gasteiger partial charge in [-0.15, -0.1) is 0 Å². The summed E-state index contributed by atoms with van der Waals surface area (Å²) in [6, 6.07) is 6.07. The number of likely N-dealkylation sites (N-methyl/N-ethyl adjacent to an activating group) is 1. The SMILES string of the molecule is Cc1cc(N2CCN(C)CC2)ccc1NC(=O)N1CC[C@@H](O)C1. The van der Waals surface area contributed by atoms with Crippen LogP contribution < -0.4 is 10.2 Å². The van der Waals surface area contributed by atoms with E-state index in [1.807, 2.05) is 13.0 Å². The van der Waals surface area contributed by atoms with Crippen LogP contribution in [0.4, 0.5) is 16.2 Å². The van der Waals surface area contributed by atoms with E-state index in [2.05, 4.69) is 34.3 Å². The number of hydrogen-bond acceptors (Lipinski definition) is 4. The maximum Gasteiger partial charge on any atom is 0.321 e. The van der Waals surface area contributed by atoms with Gasteiger partial charge in [0.15, 0.2) is 0 Å². The number of nitrogens with one attached hydrogen (secondary N) is 1. The molecular weight excluding hydrogens is 292 g/mol. The first-order valence-corrected chi connectivity index (χ1v) is 8.31. The van der Waals surface area contributed by atoms with Crippen LogP contribution in [0.3, 0.4) is 0 Å². The van der Waals surface area contributed by atoms with Crippen molar-refractivity contribution in [3.8, 4) is 0 Å². The van der Waals surface area contributed by atoms with Crippen LogP contribution in [-0.2, 0) is 0 Å². The second-order valence-electron chi connectivity index (χ2n) is 6.61. The maximum absolute atomic E-state index is 12.2. The molecule has 1 aromatic rings. The Morgan fingerprint density at radius 1 is 1.22 bits per heavy atom. The fraction of sp³-hybridized carbons (Fsp3) is 0.588. The molecule has 2 fully saturated rings. The zero-order valence-corrected chi connectivity index (χ0v) is 14.0. The average molecular weight is 318 g/mol. The Hall–Kier alpha value is -1.79. The van der Waals surface area contributed by atoms with Crippen molar-refractivity contribution >= 4 is 17.4 Å². The number of β-amino-alcohol motifs (C(OH)–C–C–N with tert-alkyl or cyclic N) is 1. The van der Waals surface area contributed by atoms with Crippen LogP contribution in [0.2, 0.25) is 0 Å². The number of aliphatic hydroxyl groups excluding tert-OH is 1. The standard InChI is InChI=1S/C17H26N4O2/c1-13-11-14(20-9-7-19(2)8-10-20)3-4-16(13)18-17(23)21-6-5-15(22)12-21/h3-4,11,15,22H,5-10,12H2,1-2H3,(H,18,23)/t15-/m1/s1. The lowest BCUT2D eigenvalue weighted by atomic mass is 10.1. The van der Waals surface area contributed by atoms with E-state index in [4.69, 9.17) is 0 Å². The van der Waals surface area contributed by atoms with Crippen LogP contribution in [-0.4, -0.2) is 73.4 Å². The van der Waals surface area contributed by atoms with Crippen LogP contribution in [0.1, 0.15) is 12.0 Å². The molecule has 0 unspecified atom stereocenters. The van der Waals surface area contributed by atoms with Crippen LogP contribution in [0.5, 0.6) is 0 Å². The first-order valence-electron chi connectivity index (χ1n) is 8.31. The molecule has 2 aliphatic rings. The Kier molecular flexibility index (Phi) is 4.73. The zero-order chi connectivity index (χ0) is 16.4. The molecule has 2 saturated heterocycles. The summed E-state index contributed by atoms with van der Waals surface area (Å²) in [6.45, 7) is 7.29. The van der Waals surface area contributed by atoms with Gasteiger partial charge in [0.05, 0.1) is 6.10 Å². The minimum atomic E-state index is -0.388. The fourth-order valence-corrected chi connectivity index (χ4v) is 3.17. The van der Waals surface area contributed by atoms with Gasteiger partial charge in [-0.1, -0.05) is 0 Å². The Bertz CT molecular complexity index is 570. The molecule has 0 spiro atoms. The number of likely N-dealkylation sites (tertiary alicyclic amines) is 1. The number of nitrogens with zero attached hydrogens (tertiary/aromatic N) is 3. The molecular formula is C17H26N4O2. The highest BCUT2D eigenvalue weighted by Crippen LogP contribution is 2.24. The summed E-state index contributed by atoms with van der Waals surface area (Å²) < 4.78 is 0. The Morgan fingerprint density at radius 2 is 1.96 bits per heavy atom. The van der Waals surface area contributed by atoms with E-state index in [9.17, 15) is 9.90 Å². The minimum absolute atomic E-state index is 0.128. The van der Waals surface area contributed by atoms with E-state index >= 15 is 0 Å². The topological polar surface area (TPSA) is 59.0 Å². The second-order valence-corrected chi connectivity index (χ2v) is 6.61. The summed E-state index contributed by atoms with van der Waals surface area (Å²) in [7, 11) is 2.15. The number of piperazine rings is 1. The lowest BCUT2D eigenvalue weighted by Crippen LogP contribution is -2.44. The molecule has 0 radical (unpaired) electrons. The third kappa shape index (κ3) is 3.76. The summed E-state index contributed by atoms with van der Waals surface area (Å²) in [4.78, 5) is 18.6. The van der Waals surface area contributed by atoms with E-state index in [0.717, 1.165) is 37.4 Å². The number of benzene rings is 1. The van der Waals surface area contributed by atoms with E-state index in [1.165, 1.54) is 5.69 Å². The quantitative estimate of drug-likeness (QED) is 0.864. The van der Waals surface area contributed by atoms with E-state index in [1.54, 1.807) is 4.90 Å². The smallest absolute Gasteiger partial charge is 0.321 e. The van der Waals surface area contributed by atoms with Crippen molar-refractivity contribution in [2.75, 3.05) is 56.5 Å². The molecule has 0 aliphatic carbocycles. The van der Waals surface area contributed by atoms with Crippen LogP contribution >= 0.6 is 0 Å². The molecule has 2 aliphatic heterocycles. The van der Waals surface area contributed by atoms with Crippen LogP contribution in [0, 0.1) is 6.92 Å². The Morgan fingerprint density at radius 3 is 2.57 bits per heavy atom. The van der Waals surface area contributed by atoms with Gasteiger partial charge in [0, 0.05) is 50.6 Å². The first-order chi connectivity index (χ1) is 11.0. The highest BCUT2D eigenvalue weighted by molar-refractivity contribution is 5.90. The molecule has 1 aromatic carbocycles. The summed E-state index contributed by atoms with van der Waals surface area (Å²) >= 11 is 0. The number of rotatable bonds is 2. The highest BCUT2D eigenvalue weighted by Gasteiger charge is 2.24. The molecule has 3 rings (SSSR count). The van der Waals surface area contributed by atoms with Gasteiger partial charge in [-0.3, -0.25) is 0 Å². The monoisotopic (exact) mass is 318 g/mol. The van der Waals surface area contributed by atoms with E-state index < -0.39 is 0 Å². The number of aryl methyl sites for hydroxylation is 1. The average Bonchev–Trinajstić information content (AvgIpc) is 2.97. The summed E-state index contributed by atoms with van der Waals surface area (Å²) in [6.07, 6.45) is 0.274. The summed E-state index contributed by atoms with van der Waals surface area (Å²) in [5.41, 5.74) is 3.12. The van der Waals surface area contributed by atoms with Crippen molar-refractivity contribution in [2.45, 2.75) is 19.4 Å². The van der Waals surface area contributed by atoms with Crippen LogP contribution in [0.25, 0.3) is 0 Å². The first kappa shape index (κ1) is 16.1. The molecule has 0 bridgehead atoms. The van der Waals surface area contributed by atoms with Crippen molar-refractivity contribution in [1.82, 2.24) is 9.80 Å². The summed E-state index contributed by atoms with van der Waals surface area (Å²) in [5.74, 6) is 0. The van der Waals surface area contributed by atoms with Gasteiger partial charge < -0.3 is 25.1 Å². The molecule has 2 amide bonds. The lowest BCUT2D eigenvalue weighted by Gasteiger charge is -2.34. The van der Waals surface area contributed by atoms with Gasteiger partial charge in [0.1, 0.15) is 0 Å². The van der Waals surface area contributed by atoms with Crippen LogP contribution in [0.15, 0.2) is 18.2 Å². The van der Waals surface area contributed by atoms with E-state index in [-0.39, 0.29) is 12.1 Å². The van der Waals surface area contributed by atoms with Crippen molar-refractivity contribution < 1.29 is 9.90 Å². The molecule has 126 valence electrons. The molecule has 0 aromatic heterocycles. The third-order valence-corrected chi connectivity index (χ3v) is 4.77. The number of anilines is 2. The minimum Gasteiger partial charge on any atom is -0.391 e. The van der Waals surface area contributed by atoms with Crippen molar-refractivity contribution in [1.29, 1.82) is 0 Å². The largest absolute Gasteiger partial charge is 0.391 e. The van der Waals surface area contributed by atoms with Gasteiger partial charge in [-0.2, -0.15) is 0 Å². The van der Waals surface area contributed by atoms with Gasteiger partial charge in [-0.05, 0) is 44.2 Å². The predicted octanol–water partition coefficient (Wildman–Crippen LogP) is 1.35. The van der Waals surface area contributed by atoms with Crippen molar-refractivity contribution in [3.05, 3.63) is 23.8 Å². The fourth-order valence-electron chi connectivity index (χ4n) is 3.17. The lowest BCUT2D eigenvalue weighted by molar-refractivity contribution is 0.176. The maximum atomic E-state index is 12.2. The summed E-state index contributed by atoms with van der Waals surface area (Å²) in [5, 5.41) is 12.5. The number of hydrogen-bond donors (Lipinski definition) is 2. The molecule has 1 atom stereocenters. The van der Waals surface area contributed by atoms with Gasteiger partial charge in [-0.25, -0.2) is 4.79 Å². The molecule has 6 nitrogen and oxygen atoms in total. The van der Waals surface area contributed by atoms with Gasteiger partial charge in [0.2, 0.25) is 0 Å². The third-order valence-electron chi connectivity index (χ3n) is 4.77. The molecule has 23 heavy (non-hydrogen) atoms. The highest BCUT2D eigenvalue weighted by atomic mass is 16.3. The molecule has 2 N–H and O–H groups in total.